The number of ketones is 1. The molecule has 0 spiro atoms. The van der Waals surface area contributed by atoms with Gasteiger partial charge >= 0.3 is 0 Å². The molecule has 1 aromatic heterocycles. The number of aromatic nitrogens is 2. The first kappa shape index (κ1) is 12.9. The fourth-order valence-electron chi connectivity index (χ4n) is 1.21. The Bertz CT molecular complexity index is 361. The summed E-state index contributed by atoms with van der Waals surface area (Å²) in [6, 6.07) is 0. The molecular weight excluding hydrogens is 204 g/mol. The predicted molar refractivity (Wildman–Crippen MR) is 61.0 cm³/mol. The van der Waals surface area contributed by atoms with E-state index in [4.69, 9.17) is 4.52 Å². The van der Waals surface area contributed by atoms with Gasteiger partial charge in [0.05, 0.1) is 6.42 Å². The second-order valence-electron chi connectivity index (χ2n) is 5.55. The fourth-order valence-corrected chi connectivity index (χ4v) is 1.21. The van der Waals surface area contributed by atoms with Crippen LogP contribution in [0.4, 0.5) is 0 Å². The normalized spacial score (nSPS) is 12.1. The third-order valence-electron chi connectivity index (χ3n) is 2.25. The molecule has 0 saturated heterocycles. The molecule has 0 aromatic carbocycles. The van der Waals surface area contributed by atoms with Crippen molar-refractivity contribution in [1.82, 2.24) is 10.1 Å². The highest BCUT2D eigenvalue weighted by atomic mass is 16.5. The summed E-state index contributed by atoms with van der Waals surface area (Å²) < 4.78 is 5.05. The van der Waals surface area contributed by atoms with E-state index in [1.54, 1.807) is 0 Å². The summed E-state index contributed by atoms with van der Waals surface area (Å²) in [5.74, 6) is 1.72. The van der Waals surface area contributed by atoms with Gasteiger partial charge in [0.25, 0.3) is 0 Å². The zero-order valence-corrected chi connectivity index (χ0v) is 10.7. The van der Waals surface area contributed by atoms with Crippen LogP contribution in [0, 0.1) is 11.3 Å². The first-order valence-electron chi connectivity index (χ1n) is 5.64. The van der Waals surface area contributed by atoms with Crippen molar-refractivity contribution in [3.63, 3.8) is 0 Å². The molecule has 90 valence electrons. The van der Waals surface area contributed by atoms with Gasteiger partial charge in [0.2, 0.25) is 5.89 Å². The molecule has 1 heterocycles. The minimum Gasteiger partial charge on any atom is -0.339 e. The molecule has 0 bridgehead atoms. The largest absolute Gasteiger partial charge is 0.339 e. The molecule has 0 fully saturated rings. The Morgan fingerprint density at radius 2 is 2.00 bits per heavy atom. The molecular formula is C12H20N2O2. The molecule has 0 N–H and O–H groups in total. The van der Waals surface area contributed by atoms with Crippen LogP contribution in [-0.4, -0.2) is 15.9 Å². The van der Waals surface area contributed by atoms with E-state index in [2.05, 4.69) is 24.0 Å². The zero-order valence-electron chi connectivity index (χ0n) is 10.7. The Morgan fingerprint density at radius 1 is 1.38 bits per heavy atom. The summed E-state index contributed by atoms with van der Waals surface area (Å²) in [6.07, 6.45) is 1.02. The second-order valence-corrected chi connectivity index (χ2v) is 5.55. The Labute approximate surface area is 96.4 Å². The van der Waals surface area contributed by atoms with Crippen molar-refractivity contribution in [1.29, 1.82) is 0 Å². The summed E-state index contributed by atoms with van der Waals surface area (Å²) in [4.78, 5) is 15.9. The van der Waals surface area contributed by atoms with Crippen LogP contribution in [0.1, 0.15) is 46.3 Å². The van der Waals surface area contributed by atoms with Crippen molar-refractivity contribution in [2.75, 3.05) is 0 Å². The van der Waals surface area contributed by atoms with Gasteiger partial charge in [-0.3, -0.25) is 4.79 Å². The Balaban J connectivity index is 2.62. The topological polar surface area (TPSA) is 56.0 Å². The van der Waals surface area contributed by atoms with E-state index in [1.165, 1.54) is 0 Å². The molecule has 0 aliphatic rings. The lowest BCUT2D eigenvalue weighted by Gasteiger charge is -2.14. The maximum atomic E-state index is 11.7. The van der Waals surface area contributed by atoms with E-state index in [0.29, 0.717) is 17.6 Å². The lowest BCUT2D eigenvalue weighted by molar-refractivity contribution is -0.125. The van der Waals surface area contributed by atoms with Crippen LogP contribution < -0.4 is 0 Å². The Hall–Kier alpha value is -1.19. The lowest BCUT2D eigenvalue weighted by atomic mass is 9.89. The second kappa shape index (κ2) is 4.76. The van der Waals surface area contributed by atoms with Crippen LogP contribution in [-0.2, 0) is 17.6 Å². The number of rotatable bonds is 4. The highest BCUT2D eigenvalue weighted by molar-refractivity contribution is 5.84. The number of nitrogens with zero attached hydrogens (tertiary/aromatic N) is 2. The number of Topliss-reactive ketones (excluding diaryl/α,β-unsaturated/α-hetero) is 1. The van der Waals surface area contributed by atoms with Gasteiger partial charge in [0, 0.05) is 11.8 Å². The quantitative estimate of drug-likeness (QED) is 0.788. The number of carbonyl (C=O) groups excluding carboxylic acids is 1. The molecule has 0 radical (unpaired) electrons. The van der Waals surface area contributed by atoms with Gasteiger partial charge in [0.15, 0.2) is 5.82 Å². The monoisotopic (exact) mass is 224 g/mol. The average Bonchev–Trinajstić information content (AvgIpc) is 2.49. The molecule has 16 heavy (non-hydrogen) atoms. The van der Waals surface area contributed by atoms with Crippen molar-refractivity contribution in [3.05, 3.63) is 11.7 Å². The van der Waals surface area contributed by atoms with E-state index < -0.39 is 0 Å². The molecule has 0 unspecified atom stereocenters. The Morgan fingerprint density at radius 3 is 2.50 bits per heavy atom. The van der Waals surface area contributed by atoms with Gasteiger partial charge < -0.3 is 4.52 Å². The van der Waals surface area contributed by atoms with Crippen molar-refractivity contribution >= 4 is 5.78 Å². The van der Waals surface area contributed by atoms with Crippen molar-refractivity contribution < 1.29 is 9.32 Å². The molecule has 4 nitrogen and oxygen atoms in total. The van der Waals surface area contributed by atoms with Gasteiger partial charge in [-0.15, -0.1) is 0 Å². The summed E-state index contributed by atoms with van der Waals surface area (Å²) in [5.41, 5.74) is -0.354. The zero-order chi connectivity index (χ0) is 12.3. The average molecular weight is 224 g/mol. The summed E-state index contributed by atoms with van der Waals surface area (Å²) >= 11 is 0. The highest BCUT2D eigenvalue weighted by Crippen LogP contribution is 2.17. The lowest BCUT2D eigenvalue weighted by Crippen LogP contribution is -2.22. The molecule has 4 heteroatoms. The molecule has 1 rings (SSSR count). The maximum absolute atomic E-state index is 11.7. The first-order chi connectivity index (χ1) is 7.29. The third kappa shape index (κ3) is 3.76. The molecule has 0 atom stereocenters. The summed E-state index contributed by atoms with van der Waals surface area (Å²) in [6.45, 7) is 9.86. The minimum atomic E-state index is -0.354. The van der Waals surface area contributed by atoms with E-state index in [9.17, 15) is 4.79 Å². The van der Waals surface area contributed by atoms with Crippen LogP contribution in [0.3, 0.4) is 0 Å². The van der Waals surface area contributed by atoms with Gasteiger partial charge in [-0.1, -0.05) is 39.8 Å². The Kier molecular flexibility index (Phi) is 3.83. The summed E-state index contributed by atoms with van der Waals surface area (Å²) in [5, 5.41) is 3.85. The van der Waals surface area contributed by atoms with Gasteiger partial charge in [-0.05, 0) is 5.92 Å². The van der Waals surface area contributed by atoms with Crippen molar-refractivity contribution in [2.45, 2.75) is 47.5 Å². The van der Waals surface area contributed by atoms with Gasteiger partial charge in [-0.25, -0.2) is 0 Å². The van der Waals surface area contributed by atoms with Crippen molar-refractivity contribution in [2.24, 2.45) is 11.3 Å². The molecule has 0 aliphatic carbocycles. The molecule has 0 aliphatic heterocycles. The molecule has 0 amide bonds. The van der Waals surface area contributed by atoms with Crippen LogP contribution in [0.2, 0.25) is 0 Å². The van der Waals surface area contributed by atoms with Crippen LogP contribution >= 0.6 is 0 Å². The predicted octanol–water partition coefficient (Wildman–Crippen LogP) is 2.43. The van der Waals surface area contributed by atoms with Crippen LogP contribution in [0.15, 0.2) is 4.52 Å². The smallest absolute Gasteiger partial charge is 0.234 e. The van der Waals surface area contributed by atoms with E-state index >= 15 is 0 Å². The molecule has 1 aromatic rings. The standard InChI is InChI=1S/C12H20N2O2/c1-8(2)6-10-13-11(16-14-10)7-9(15)12(3,4)5/h8H,6-7H2,1-5H3. The first-order valence-corrected chi connectivity index (χ1v) is 5.64. The van der Waals surface area contributed by atoms with Crippen LogP contribution in [0.5, 0.6) is 0 Å². The van der Waals surface area contributed by atoms with E-state index in [0.717, 1.165) is 6.42 Å². The van der Waals surface area contributed by atoms with Crippen LogP contribution in [0.25, 0.3) is 0 Å². The van der Waals surface area contributed by atoms with E-state index in [1.807, 2.05) is 20.8 Å². The van der Waals surface area contributed by atoms with E-state index in [-0.39, 0.29) is 17.6 Å². The minimum absolute atomic E-state index is 0.118. The number of hydrogen-bond acceptors (Lipinski definition) is 4. The third-order valence-corrected chi connectivity index (χ3v) is 2.25. The highest BCUT2D eigenvalue weighted by Gasteiger charge is 2.23. The molecule has 0 saturated carbocycles. The number of hydrogen-bond donors (Lipinski definition) is 0. The SMILES string of the molecule is CC(C)Cc1noc(CC(=O)C(C)(C)C)n1. The maximum Gasteiger partial charge on any atom is 0.234 e. The fraction of sp³-hybridized carbons (Fsp3) is 0.750. The van der Waals surface area contributed by atoms with Crippen molar-refractivity contribution in [3.8, 4) is 0 Å². The number of carbonyl (C=O) groups is 1. The van der Waals surface area contributed by atoms with Gasteiger partial charge in [0.1, 0.15) is 5.78 Å². The summed E-state index contributed by atoms with van der Waals surface area (Å²) in [7, 11) is 0. The van der Waals surface area contributed by atoms with Gasteiger partial charge in [-0.2, -0.15) is 4.98 Å².